The highest BCUT2D eigenvalue weighted by Crippen LogP contribution is 2.28. The quantitative estimate of drug-likeness (QED) is 0.433. The maximum Gasteiger partial charge on any atom is 0.144 e. The first-order chi connectivity index (χ1) is 13.3. The number of nitrogens with one attached hydrogen (secondary N) is 1. The van der Waals surface area contributed by atoms with Crippen LogP contribution < -0.4 is 26.5 Å². The van der Waals surface area contributed by atoms with Gasteiger partial charge in [0.05, 0.1) is 25.6 Å². The minimum atomic E-state index is -0.0264. The second-order valence-corrected chi connectivity index (χ2v) is 7.13. The molecule has 0 bridgehead atoms. The summed E-state index contributed by atoms with van der Waals surface area (Å²) in [6, 6.07) is 17.1. The van der Waals surface area contributed by atoms with Gasteiger partial charge in [0.25, 0.3) is 0 Å². The van der Waals surface area contributed by atoms with E-state index in [2.05, 4.69) is 31.3 Å². The maximum absolute atomic E-state index is 6.04. The largest absolute Gasteiger partial charge is 0.495 e. The standard InChI is InChI=1S/C14H19N3O.C7H10N2O.ClH/c1-14(2,3)12-9-13(15)17(16-12)10-7-5-6-8-11(10)18-4;1-10-7-5-3-2-4-6(7)9-8;/h5-9H,15H2,1-4H3;2-5,9H,8H2,1H3;1H. The van der Waals surface area contributed by atoms with Crippen LogP contribution in [0.2, 0.25) is 0 Å². The predicted molar refractivity (Wildman–Crippen MR) is 121 cm³/mol. The van der Waals surface area contributed by atoms with Crippen molar-refractivity contribution in [1.82, 2.24) is 9.78 Å². The minimum Gasteiger partial charge on any atom is -0.495 e. The van der Waals surface area contributed by atoms with Gasteiger partial charge in [0, 0.05) is 11.5 Å². The number of hydrogen-bond donors (Lipinski definition) is 3. The molecule has 3 aromatic rings. The van der Waals surface area contributed by atoms with E-state index in [1.54, 1.807) is 18.9 Å². The Morgan fingerprint density at radius 2 is 1.48 bits per heavy atom. The highest BCUT2D eigenvalue weighted by atomic mass is 35.5. The molecule has 29 heavy (non-hydrogen) atoms. The summed E-state index contributed by atoms with van der Waals surface area (Å²) in [7, 11) is 3.25. The summed E-state index contributed by atoms with van der Waals surface area (Å²) >= 11 is 0. The first kappa shape index (κ1) is 24.1. The fraction of sp³-hybridized carbons (Fsp3) is 0.286. The van der Waals surface area contributed by atoms with Crippen molar-refractivity contribution in [1.29, 1.82) is 0 Å². The number of ether oxygens (including phenoxy) is 2. The van der Waals surface area contributed by atoms with E-state index in [4.69, 9.17) is 21.1 Å². The number of halogens is 1. The van der Waals surface area contributed by atoms with Gasteiger partial charge >= 0.3 is 0 Å². The molecule has 0 aliphatic heterocycles. The van der Waals surface area contributed by atoms with E-state index in [0.29, 0.717) is 5.82 Å². The number of methoxy groups -OCH3 is 2. The zero-order valence-corrected chi connectivity index (χ0v) is 18.3. The summed E-state index contributed by atoms with van der Waals surface area (Å²) in [5.41, 5.74) is 11.1. The summed E-state index contributed by atoms with van der Waals surface area (Å²) in [5.74, 6) is 7.32. The maximum atomic E-state index is 6.04. The van der Waals surface area contributed by atoms with Crippen LogP contribution in [-0.4, -0.2) is 24.0 Å². The first-order valence-corrected chi connectivity index (χ1v) is 8.90. The van der Waals surface area contributed by atoms with Crippen molar-refractivity contribution >= 4 is 23.9 Å². The van der Waals surface area contributed by atoms with Gasteiger partial charge in [-0.1, -0.05) is 45.0 Å². The summed E-state index contributed by atoms with van der Waals surface area (Å²) in [4.78, 5) is 0. The van der Waals surface area contributed by atoms with Crippen molar-refractivity contribution in [2.24, 2.45) is 5.84 Å². The van der Waals surface area contributed by atoms with Crippen molar-refractivity contribution < 1.29 is 9.47 Å². The summed E-state index contributed by atoms with van der Waals surface area (Å²) in [6.07, 6.45) is 0. The van der Waals surface area contributed by atoms with Crippen LogP contribution in [-0.2, 0) is 5.41 Å². The molecule has 2 aromatic carbocycles. The number of para-hydroxylation sites is 4. The molecule has 0 unspecified atom stereocenters. The van der Waals surface area contributed by atoms with E-state index in [1.165, 1.54) is 0 Å². The number of benzene rings is 2. The fourth-order valence-corrected chi connectivity index (χ4v) is 2.52. The van der Waals surface area contributed by atoms with Crippen molar-refractivity contribution in [3.05, 3.63) is 60.3 Å². The number of nitrogens with two attached hydrogens (primary N) is 2. The number of nitrogen functional groups attached to an aromatic ring is 2. The van der Waals surface area contributed by atoms with E-state index < -0.39 is 0 Å². The molecule has 0 atom stereocenters. The van der Waals surface area contributed by atoms with Crippen molar-refractivity contribution in [2.75, 3.05) is 25.4 Å². The van der Waals surface area contributed by atoms with Crippen LogP contribution in [0.15, 0.2) is 54.6 Å². The van der Waals surface area contributed by atoms with E-state index in [-0.39, 0.29) is 17.8 Å². The Hall–Kier alpha value is -2.90. The van der Waals surface area contributed by atoms with Crippen LogP contribution in [0.1, 0.15) is 26.5 Å². The molecule has 8 heteroatoms. The molecule has 158 valence electrons. The lowest BCUT2D eigenvalue weighted by molar-refractivity contribution is 0.411. The van der Waals surface area contributed by atoms with Crippen LogP contribution in [0, 0.1) is 0 Å². The molecule has 0 amide bonds. The summed E-state index contributed by atoms with van der Waals surface area (Å²) < 4.78 is 12.0. The van der Waals surface area contributed by atoms with Gasteiger partial charge in [0.1, 0.15) is 23.0 Å². The van der Waals surface area contributed by atoms with E-state index in [9.17, 15) is 0 Å². The SMILES string of the molecule is COc1ccccc1-n1nc(C(C)(C)C)cc1N.COc1ccccc1NN.Cl. The average molecular weight is 420 g/mol. The predicted octanol–water partition coefficient (Wildman–Crippen LogP) is 4.16. The van der Waals surface area contributed by atoms with Crippen LogP contribution in [0.5, 0.6) is 11.5 Å². The Balaban J connectivity index is 0.000000327. The zero-order valence-electron chi connectivity index (χ0n) is 17.5. The second kappa shape index (κ2) is 10.6. The van der Waals surface area contributed by atoms with Gasteiger partial charge in [-0.05, 0) is 24.3 Å². The van der Waals surface area contributed by atoms with Crippen molar-refractivity contribution in [3.63, 3.8) is 0 Å². The Morgan fingerprint density at radius 3 is 1.97 bits per heavy atom. The number of anilines is 2. The van der Waals surface area contributed by atoms with Gasteiger partial charge in [-0.3, -0.25) is 5.84 Å². The molecule has 3 rings (SSSR count). The van der Waals surface area contributed by atoms with E-state index >= 15 is 0 Å². The van der Waals surface area contributed by atoms with Crippen molar-refractivity contribution in [2.45, 2.75) is 26.2 Å². The molecule has 0 aliphatic carbocycles. The van der Waals surface area contributed by atoms with Gasteiger partial charge in [-0.15, -0.1) is 12.4 Å². The monoisotopic (exact) mass is 419 g/mol. The molecule has 5 N–H and O–H groups in total. The van der Waals surface area contributed by atoms with Gasteiger partial charge < -0.3 is 20.6 Å². The third-order valence-corrected chi connectivity index (χ3v) is 4.08. The molecule has 0 radical (unpaired) electrons. The third-order valence-electron chi connectivity index (χ3n) is 4.08. The normalized spacial score (nSPS) is 10.3. The van der Waals surface area contributed by atoms with Crippen molar-refractivity contribution in [3.8, 4) is 17.2 Å². The molecule has 0 fully saturated rings. The number of nitrogens with zero attached hydrogens (tertiary/aromatic N) is 2. The Labute approximate surface area is 178 Å². The lowest BCUT2D eigenvalue weighted by Crippen LogP contribution is -2.12. The molecule has 7 nitrogen and oxygen atoms in total. The Kier molecular flexibility index (Phi) is 8.82. The minimum absolute atomic E-state index is 0. The number of hydrazine groups is 1. The fourth-order valence-electron chi connectivity index (χ4n) is 2.52. The highest BCUT2D eigenvalue weighted by Gasteiger charge is 2.20. The Bertz CT molecular complexity index is 883. The lowest BCUT2D eigenvalue weighted by atomic mass is 9.92. The lowest BCUT2D eigenvalue weighted by Gasteiger charge is -2.14. The molecule has 1 heterocycles. The number of aromatic nitrogens is 2. The Morgan fingerprint density at radius 1 is 0.931 bits per heavy atom. The van der Waals surface area contributed by atoms with Gasteiger partial charge in [0.15, 0.2) is 0 Å². The van der Waals surface area contributed by atoms with Crippen LogP contribution in [0.4, 0.5) is 11.5 Å². The molecular weight excluding hydrogens is 390 g/mol. The molecule has 0 saturated heterocycles. The van der Waals surface area contributed by atoms with Gasteiger partial charge in [0.2, 0.25) is 0 Å². The third kappa shape index (κ3) is 6.04. The second-order valence-electron chi connectivity index (χ2n) is 7.13. The molecule has 0 saturated carbocycles. The molecule has 1 aromatic heterocycles. The topological polar surface area (TPSA) is 100 Å². The molecule has 0 spiro atoms. The summed E-state index contributed by atoms with van der Waals surface area (Å²) in [5, 5.41) is 4.57. The highest BCUT2D eigenvalue weighted by molar-refractivity contribution is 5.85. The number of hydrogen-bond acceptors (Lipinski definition) is 6. The number of rotatable bonds is 4. The zero-order chi connectivity index (χ0) is 20.7. The smallest absolute Gasteiger partial charge is 0.144 e. The van der Waals surface area contributed by atoms with E-state index in [0.717, 1.165) is 28.6 Å². The van der Waals surface area contributed by atoms with Crippen LogP contribution in [0.3, 0.4) is 0 Å². The van der Waals surface area contributed by atoms with Gasteiger partial charge in [-0.25, -0.2) is 4.68 Å². The van der Waals surface area contributed by atoms with E-state index in [1.807, 2.05) is 54.6 Å². The van der Waals surface area contributed by atoms with Gasteiger partial charge in [-0.2, -0.15) is 5.10 Å². The summed E-state index contributed by atoms with van der Waals surface area (Å²) in [6.45, 7) is 6.34. The van der Waals surface area contributed by atoms with Crippen LogP contribution >= 0.6 is 12.4 Å². The average Bonchev–Trinajstić information content (AvgIpc) is 3.10. The first-order valence-electron chi connectivity index (χ1n) is 8.90. The molecular formula is C21H30ClN5O2. The molecule has 0 aliphatic rings. The van der Waals surface area contributed by atoms with Crippen LogP contribution in [0.25, 0.3) is 5.69 Å².